The third kappa shape index (κ3) is 4.32. The van der Waals surface area contributed by atoms with Gasteiger partial charge in [-0.3, -0.25) is 4.79 Å². The molecule has 3 rings (SSSR count). The van der Waals surface area contributed by atoms with E-state index in [4.69, 9.17) is 4.74 Å². The maximum atomic E-state index is 12.3. The molecule has 0 aliphatic heterocycles. The van der Waals surface area contributed by atoms with Crippen molar-refractivity contribution in [3.8, 4) is 5.69 Å². The van der Waals surface area contributed by atoms with Gasteiger partial charge < -0.3 is 10.1 Å². The number of anilines is 1. The summed E-state index contributed by atoms with van der Waals surface area (Å²) in [4.78, 5) is 24.1. The van der Waals surface area contributed by atoms with Crippen molar-refractivity contribution < 1.29 is 14.3 Å². The summed E-state index contributed by atoms with van der Waals surface area (Å²) in [7, 11) is 1.29. The highest BCUT2D eigenvalue weighted by atomic mass is 32.2. The van der Waals surface area contributed by atoms with Gasteiger partial charge in [-0.15, -0.1) is 5.10 Å². The Kier molecular flexibility index (Phi) is 5.82. The molecule has 0 aliphatic carbocycles. The molecule has 0 atom stereocenters. The van der Waals surface area contributed by atoms with Crippen LogP contribution in [0.5, 0.6) is 0 Å². The van der Waals surface area contributed by atoms with Crippen molar-refractivity contribution in [1.82, 2.24) is 20.2 Å². The van der Waals surface area contributed by atoms with Crippen LogP contribution < -0.4 is 5.32 Å². The van der Waals surface area contributed by atoms with Gasteiger partial charge in [0.15, 0.2) is 0 Å². The number of tetrazole rings is 1. The van der Waals surface area contributed by atoms with Gasteiger partial charge in [0.05, 0.1) is 29.8 Å². The predicted molar refractivity (Wildman–Crippen MR) is 101 cm³/mol. The van der Waals surface area contributed by atoms with E-state index in [0.717, 1.165) is 11.3 Å². The number of thioether (sulfide) groups is 1. The van der Waals surface area contributed by atoms with Gasteiger partial charge in [0.25, 0.3) is 0 Å². The third-order valence-electron chi connectivity index (χ3n) is 3.72. The monoisotopic (exact) mass is 383 g/mol. The van der Waals surface area contributed by atoms with Gasteiger partial charge in [-0.2, -0.15) is 4.68 Å². The molecule has 0 bridgehead atoms. The predicted octanol–water partition coefficient (Wildman–Crippen LogP) is 2.49. The lowest BCUT2D eigenvalue weighted by Crippen LogP contribution is -2.17. The highest BCUT2D eigenvalue weighted by Crippen LogP contribution is 2.21. The molecule has 1 N–H and O–H groups in total. The zero-order chi connectivity index (χ0) is 19.2. The molecule has 0 aliphatic rings. The number of aryl methyl sites for hydroxylation is 1. The number of ether oxygens (including phenoxy) is 1. The first-order chi connectivity index (χ1) is 13.1. The zero-order valence-electron chi connectivity index (χ0n) is 14.7. The second-order valence-electron chi connectivity index (χ2n) is 5.53. The normalized spacial score (nSPS) is 10.4. The molecule has 8 nitrogen and oxygen atoms in total. The first-order valence-electron chi connectivity index (χ1n) is 8.04. The topological polar surface area (TPSA) is 99.0 Å². The van der Waals surface area contributed by atoms with Crippen molar-refractivity contribution >= 4 is 29.3 Å². The molecule has 0 spiro atoms. The fourth-order valence-electron chi connectivity index (χ4n) is 2.42. The summed E-state index contributed by atoms with van der Waals surface area (Å²) in [5, 5.41) is 14.9. The molecular weight excluding hydrogens is 366 g/mol. The highest BCUT2D eigenvalue weighted by molar-refractivity contribution is 7.99. The van der Waals surface area contributed by atoms with Gasteiger partial charge in [0.2, 0.25) is 11.1 Å². The minimum Gasteiger partial charge on any atom is -0.465 e. The van der Waals surface area contributed by atoms with E-state index < -0.39 is 5.97 Å². The second kappa shape index (κ2) is 8.45. The average Bonchev–Trinajstić information content (AvgIpc) is 3.15. The standard InChI is InChI=1S/C18H17N5O3S/c1-12-7-3-6-10-15(12)23-18(20-21-22-23)27-11-16(24)19-14-9-5-4-8-13(14)17(25)26-2/h3-10H,11H2,1-2H3,(H,19,24). The van der Waals surface area contributed by atoms with E-state index in [1.54, 1.807) is 28.9 Å². The number of carbonyl (C=O) groups excluding carboxylic acids is 2. The zero-order valence-corrected chi connectivity index (χ0v) is 15.6. The minimum atomic E-state index is -0.512. The van der Waals surface area contributed by atoms with Crippen molar-refractivity contribution in [2.75, 3.05) is 18.2 Å². The molecule has 3 aromatic rings. The van der Waals surface area contributed by atoms with Crippen molar-refractivity contribution in [2.45, 2.75) is 12.1 Å². The summed E-state index contributed by atoms with van der Waals surface area (Å²) in [5.74, 6) is -0.709. The van der Waals surface area contributed by atoms with Gasteiger partial charge in [-0.25, -0.2) is 4.79 Å². The van der Waals surface area contributed by atoms with Crippen LogP contribution in [0.3, 0.4) is 0 Å². The SMILES string of the molecule is COC(=O)c1ccccc1NC(=O)CSc1nnnn1-c1ccccc1C. The number of hydrogen-bond donors (Lipinski definition) is 1. The van der Waals surface area contributed by atoms with Gasteiger partial charge in [0, 0.05) is 0 Å². The molecule has 138 valence electrons. The molecule has 2 aromatic carbocycles. The average molecular weight is 383 g/mol. The van der Waals surface area contributed by atoms with Crippen molar-refractivity contribution in [1.29, 1.82) is 0 Å². The Morgan fingerprint density at radius 3 is 2.67 bits per heavy atom. The van der Waals surface area contributed by atoms with Crippen molar-refractivity contribution in [3.05, 3.63) is 59.7 Å². The van der Waals surface area contributed by atoms with Gasteiger partial charge in [-0.05, 0) is 41.1 Å². The summed E-state index contributed by atoms with van der Waals surface area (Å²) in [6.07, 6.45) is 0. The number of hydrogen-bond acceptors (Lipinski definition) is 7. The number of esters is 1. The lowest BCUT2D eigenvalue weighted by Gasteiger charge is -2.10. The van der Waals surface area contributed by atoms with Gasteiger partial charge in [0.1, 0.15) is 0 Å². The lowest BCUT2D eigenvalue weighted by molar-refractivity contribution is -0.113. The van der Waals surface area contributed by atoms with E-state index in [1.807, 2.05) is 31.2 Å². The van der Waals surface area contributed by atoms with E-state index in [2.05, 4.69) is 20.8 Å². The number of para-hydroxylation sites is 2. The molecular formula is C18H17N5O3S. The first kappa shape index (κ1) is 18.6. The number of rotatable bonds is 6. The Morgan fingerprint density at radius 1 is 1.15 bits per heavy atom. The summed E-state index contributed by atoms with van der Waals surface area (Å²) >= 11 is 1.20. The summed E-state index contributed by atoms with van der Waals surface area (Å²) in [6, 6.07) is 14.4. The quantitative estimate of drug-likeness (QED) is 0.516. The van der Waals surface area contributed by atoms with Crippen LogP contribution in [0, 0.1) is 6.92 Å². The fourth-order valence-corrected chi connectivity index (χ4v) is 3.10. The molecule has 1 aromatic heterocycles. The Bertz CT molecular complexity index is 973. The second-order valence-corrected chi connectivity index (χ2v) is 6.48. The van der Waals surface area contributed by atoms with Gasteiger partial charge in [-0.1, -0.05) is 42.1 Å². The first-order valence-corrected chi connectivity index (χ1v) is 9.03. The Hall–Kier alpha value is -3.20. The van der Waals surface area contributed by atoms with E-state index in [0.29, 0.717) is 16.4 Å². The molecule has 0 unspecified atom stereocenters. The van der Waals surface area contributed by atoms with Crippen LogP contribution in [-0.4, -0.2) is 44.9 Å². The summed E-state index contributed by atoms with van der Waals surface area (Å²) in [6.45, 7) is 1.96. The number of nitrogens with zero attached hydrogens (tertiary/aromatic N) is 4. The van der Waals surface area contributed by atoms with Crippen molar-refractivity contribution in [3.63, 3.8) is 0 Å². The smallest absolute Gasteiger partial charge is 0.339 e. The number of aromatic nitrogens is 4. The molecule has 9 heteroatoms. The maximum absolute atomic E-state index is 12.3. The number of methoxy groups -OCH3 is 1. The fraction of sp³-hybridized carbons (Fsp3) is 0.167. The number of amides is 1. The molecule has 0 saturated carbocycles. The summed E-state index contributed by atoms with van der Waals surface area (Å²) < 4.78 is 6.32. The maximum Gasteiger partial charge on any atom is 0.339 e. The van der Waals surface area contributed by atoms with E-state index in [-0.39, 0.29) is 11.7 Å². The van der Waals surface area contributed by atoms with Crippen LogP contribution in [-0.2, 0) is 9.53 Å². The number of nitrogens with one attached hydrogen (secondary N) is 1. The Balaban J connectivity index is 1.69. The highest BCUT2D eigenvalue weighted by Gasteiger charge is 2.16. The number of benzene rings is 2. The van der Waals surface area contributed by atoms with Crippen LogP contribution in [0.4, 0.5) is 5.69 Å². The van der Waals surface area contributed by atoms with E-state index in [1.165, 1.54) is 18.9 Å². The lowest BCUT2D eigenvalue weighted by atomic mass is 10.2. The molecule has 1 heterocycles. The number of carbonyl (C=O) groups is 2. The molecule has 27 heavy (non-hydrogen) atoms. The molecule has 0 saturated heterocycles. The molecule has 0 radical (unpaired) electrons. The van der Waals surface area contributed by atoms with Crippen LogP contribution in [0.2, 0.25) is 0 Å². The largest absolute Gasteiger partial charge is 0.465 e. The third-order valence-corrected chi connectivity index (χ3v) is 4.64. The Morgan fingerprint density at radius 2 is 1.89 bits per heavy atom. The van der Waals surface area contributed by atoms with E-state index >= 15 is 0 Å². The van der Waals surface area contributed by atoms with E-state index in [9.17, 15) is 9.59 Å². The van der Waals surface area contributed by atoms with Crippen LogP contribution in [0.1, 0.15) is 15.9 Å². The minimum absolute atomic E-state index is 0.0851. The van der Waals surface area contributed by atoms with Crippen LogP contribution in [0.25, 0.3) is 5.69 Å². The van der Waals surface area contributed by atoms with Crippen molar-refractivity contribution in [2.24, 2.45) is 0 Å². The molecule has 1 amide bonds. The molecule has 0 fully saturated rings. The van der Waals surface area contributed by atoms with Gasteiger partial charge >= 0.3 is 5.97 Å². The summed E-state index contributed by atoms with van der Waals surface area (Å²) in [5.41, 5.74) is 2.56. The van der Waals surface area contributed by atoms with Crippen LogP contribution >= 0.6 is 11.8 Å². The Labute approximate surface area is 159 Å². The van der Waals surface area contributed by atoms with Crippen LogP contribution in [0.15, 0.2) is 53.7 Å².